The highest BCUT2D eigenvalue weighted by Gasteiger charge is 2.14. The molecule has 7 nitrogen and oxygen atoms in total. The number of nitrogens with zero attached hydrogens (tertiary/aromatic N) is 2. The van der Waals surface area contributed by atoms with Gasteiger partial charge in [0.05, 0.1) is 18.1 Å². The molecule has 0 aliphatic carbocycles. The van der Waals surface area contributed by atoms with E-state index in [1.54, 1.807) is 24.3 Å². The number of urea groups is 1. The third-order valence-corrected chi connectivity index (χ3v) is 2.50. The molecule has 0 aliphatic rings. The first-order valence-electron chi connectivity index (χ1n) is 5.73. The highest BCUT2D eigenvalue weighted by Crippen LogP contribution is 2.13. The summed E-state index contributed by atoms with van der Waals surface area (Å²) in [5.74, 6) is -1.76. The van der Waals surface area contributed by atoms with Gasteiger partial charge in [0.15, 0.2) is 0 Å². The third kappa shape index (κ3) is 4.42. The molecule has 1 aromatic rings. The predicted molar refractivity (Wildman–Crippen MR) is 70.0 cm³/mol. The summed E-state index contributed by atoms with van der Waals surface area (Å²) in [5, 5.41) is 19.2. The number of carbonyl (C=O) groups excluding carboxylic acids is 2. The van der Waals surface area contributed by atoms with Gasteiger partial charge in [0.2, 0.25) is 5.91 Å². The Balaban J connectivity index is 2.60. The van der Waals surface area contributed by atoms with Crippen LogP contribution in [0.2, 0.25) is 0 Å². The van der Waals surface area contributed by atoms with Crippen LogP contribution in [0.4, 0.5) is 10.5 Å². The van der Waals surface area contributed by atoms with Crippen molar-refractivity contribution in [3.8, 4) is 6.07 Å². The van der Waals surface area contributed by atoms with Crippen LogP contribution in [-0.2, 0) is 9.59 Å². The number of benzene rings is 1. The first-order valence-corrected chi connectivity index (χ1v) is 5.73. The van der Waals surface area contributed by atoms with Gasteiger partial charge in [-0.3, -0.25) is 19.8 Å². The lowest BCUT2D eigenvalue weighted by molar-refractivity contribution is -0.138. The van der Waals surface area contributed by atoms with Gasteiger partial charge in [0.1, 0.15) is 0 Å². The van der Waals surface area contributed by atoms with E-state index in [9.17, 15) is 14.4 Å². The largest absolute Gasteiger partial charge is 0.481 e. The molecule has 0 bridgehead atoms. The minimum Gasteiger partial charge on any atom is -0.481 e. The van der Waals surface area contributed by atoms with Gasteiger partial charge in [-0.15, -0.1) is 0 Å². The molecule has 0 atom stereocenters. The van der Waals surface area contributed by atoms with Crippen molar-refractivity contribution in [2.75, 3.05) is 11.9 Å². The van der Waals surface area contributed by atoms with Crippen LogP contribution in [0.3, 0.4) is 0 Å². The summed E-state index contributed by atoms with van der Waals surface area (Å²) < 4.78 is 0. The molecule has 0 radical (unpaired) electrons. The molecule has 20 heavy (non-hydrogen) atoms. The average molecular weight is 275 g/mol. The van der Waals surface area contributed by atoms with Crippen LogP contribution in [-0.4, -0.2) is 30.1 Å². The van der Waals surface area contributed by atoms with E-state index >= 15 is 0 Å². The maximum atomic E-state index is 11.7. The quantitative estimate of drug-likeness (QED) is 0.854. The minimum atomic E-state index is -1.10. The molecule has 0 unspecified atom stereocenters. The molecular formula is C13H13N3O4. The molecule has 0 saturated carbocycles. The van der Waals surface area contributed by atoms with Gasteiger partial charge in [-0.1, -0.05) is 0 Å². The smallest absolute Gasteiger partial charge is 0.328 e. The molecular weight excluding hydrogens is 262 g/mol. The molecule has 0 saturated heterocycles. The highest BCUT2D eigenvalue weighted by molar-refractivity contribution is 6.02. The van der Waals surface area contributed by atoms with Crippen molar-refractivity contribution in [2.24, 2.45) is 0 Å². The lowest BCUT2D eigenvalue weighted by Crippen LogP contribution is -2.40. The van der Waals surface area contributed by atoms with Crippen LogP contribution >= 0.6 is 0 Å². The lowest BCUT2D eigenvalue weighted by atomic mass is 10.2. The number of anilines is 1. The normalized spacial score (nSPS) is 9.40. The van der Waals surface area contributed by atoms with Gasteiger partial charge >= 0.3 is 12.0 Å². The second-order valence-corrected chi connectivity index (χ2v) is 3.96. The first kappa shape index (κ1) is 15.2. The van der Waals surface area contributed by atoms with Crippen molar-refractivity contribution < 1.29 is 19.5 Å². The fourth-order valence-corrected chi connectivity index (χ4v) is 1.36. The van der Waals surface area contributed by atoms with E-state index in [4.69, 9.17) is 10.4 Å². The van der Waals surface area contributed by atoms with Gasteiger partial charge in [0, 0.05) is 19.2 Å². The van der Waals surface area contributed by atoms with Crippen molar-refractivity contribution in [2.45, 2.75) is 12.8 Å². The topological polar surface area (TPSA) is 110 Å². The summed E-state index contributed by atoms with van der Waals surface area (Å²) >= 11 is 0. The van der Waals surface area contributed by atoms with Crippen LogP contribution in [0, 0.1) is 11.3 Å². The van der Waals surface area contributed by atoms with Crippen molar-refractivity contribution >= 4 is 23.6 Å². The molecule has 1 rings (SSSR count). The molecule has 2 N–H and O–H groups in total. The molecule has 0 fully saturated rings. The number of carbonyl (C=O) groups is 3. The molecule has 7 heteroatoms. The van der Waals surface area contributed by atoms with Gasteiger partial charge in [0.25, 0.3) is 0 Å². The third-order valence-electron chi connectivity index (χ3n) is 2.50. The van der Waals surface area contributed by atoms with E-state index in [0.717, 1.165) is 0 Å². The second-order valence-electron chi connectivity index (χ2n) is 3.96. The standard InChI is InChI=1S/C13H13N3O4/c1-16(10-4-2-9(8-14)3-5-10)13(20)15-11(17)6-7-12(18)19/h2-5H,6-7H2,1H3,(H,18,19)(H,15,17,20). The molecule has 0 aromatic heterocycles. The summed E-state index contributed by atoms with van der Waals surface area (Å²) in [6.45, 7) is 0. The van der Waals surface area contributed by atoms with Crippen LogP contribution < -0.4 is 10.2 Å². The summed E-state index contributed by atoms with van der Waals surface area (Å²) in [6, 6.07) is 7.52. The summed E-state index contributed by atoms with van der Waals surface area (Å²) in [6.07, 6.45) is -0.595. The van der Waals surface area contributed by atoms with Gasteiger partial charge in [-0.05, 0) is 24.3 Å². The van der Waals surface area contributed by atoms with Crippen LogP contribution in [0.15, 0.2) is 24.3 Å². The zero-order chi connectivity index (χ0) is 15.1. The van der Waals surface area contributed by atoms with E-state index in [1.165, 1.54) is 11.9 Å². The summed E-state index contributed by atoms with van der Waals surface area (Å²) in [7, 11) is 1.46. The van der Waals surface area contributed by atoms with Gasteiger partial charge in [-0.2, -0.15) is 5.26 Å². The number of hydrogen-bond acceptors (Lipinski definition) is 4. The minimum absolute atomic E-state index is 0.262. The van der Waals surface area contributed by atoms with Gasteiger partial charge in [-0.25, -0.2) is 4.79 Å². The molecule has 104 valence electrons. The lowest BCUT2D eigenvalue weighted by Gasteiger charge is -2.17. The first-order chi connectivity index (χ1) is 9.43. The SMILES string of the molecule is CN(C(=O)NC(=O)CCC(=O)O)c1ccc(C#N)cc1. The van der Waals surface area contributed by atoms with Crippen molar-refractivity contribution in [3.05, 3.63) is 29.8 Å². The number of nitrogens with one attached hydrogen (secondary N) is 1. The zero-order valence-electron chi connectivity index (χ0n) is 10.8. The number of aliphatic carboxylic acids is 1. The Hall–Kier alpha value is -2.88. The Morgan fingerprint density at radius 1 is 1.25 bits per heavy atom. The van der Waals surface area contributed by atoms with Crippen molar-refractivity contribution in [3.63, 3.8) is 0 Å². The monoisotopic (exact) mass is 275 g/mol. The Morgan fingerprint density at radius 2 is 1.85 bits per heavy atom. The predicted octanol–water partition coefficient (Wildman–Crippen LogP) is 1.10. The zero-order valence-corrected chi connectivity index (χ0v) is 10.8. The Morgan fingerprint density at radius 3 is 2.35 bits per heavy atom. The fourth-order valence-electron chi connectivity index (χ4n) is 1.36. The number of hydrogen-bond donors (Lipinski definition) is 2. The molecule has 0 heterocycles. The Bertz CT molecular complexity index is 560. The molecule has 1 aromatic carbocycles. The molecule has 0 aliphatic heterocycles. The Kier molecular flexibility index (Phi) is 5.23. The number of imide groups is 1. The number of carboxylic acid groups (broad SMARTS) is 1. The number of nitriles is 1. The second kappa shape index (κ2) is 6.89. The Labute approximate surface area is 115 Å². The van der Waals surface area contributed by atoms with E-state index in [-0.39, 0.29) is 12.8 Å². The maximum Gasteiger partial charge on any atom is 0.328 e. The van der Waals surface area contributed by atoms with Crippen LogP contribution in [0.5, 0.6) is 0 Å². The molecule has 3 amide bonds. The fraction of sp³-hybridized carbons (Fsp3) is 0.231. The van der Waals surface area contributed by atoms with E-state index in [0.29, 0.717) is 11.3 Å². The molecule has 0 spiro atoms. The average Bonchev–Trinajstić information content (AvgIpc) is 2.44. The van der Waals surface area contributed by atoms with Crippen molar-refractivity contribution in [1.82, 2.24) is 5.32 Å². The van der Waals surface area contributed by atoms with Crippen LogP contribution in [0.1, 0.15) is 18.4 Å². The summed E-state index contributed by atoms with van der Waals surface area (Å²) in [4.78, 5) is 34.6. The van der Waals surface area contributed by atoms with E-state index in [1.807, 2.05) is 6.07 Å². The number of amides is 3. The van der Waals surface area contributed by atoms with Crippen LogP contribution in [0.25, 0.3) is 0 Å². The number of rotatable bonds is 4. The van der Waals surface area contributed by atoms with Crippen molar-refractivity contribution in [1.29, 1.82) is 5.26 Å². The maximum absolute atomic E-state index is 11.7. The highest BCUT2D eigenvalue weighted by atomic mass is 16.4. The number of carboxylic acids is 1. The van der Waals surface area contributed by atoms with E-state index in [2.05, 4.69) is 5.32 Å². The summed E-state index contributed by atoms with van der Waals surface area (Å²) in [5.41, 5.74) is 0.965. The van der Waals surface area contributed by atoms with Gasteiger partial charge < -0.3 is 5.11 Å². The van der Waals surface area contributed by atoms with E-state index < -0.39 is 17.9 Å².